The summed E-state index contributed by atoms with van der Waals surface area (Å²) in [5.41, 5.74) is 1.07. The quantitative estimate of drug-likeness (QED) is 0.138. The second-order valence-corrected chi connectivity index (χ2v) is 11.3. The molecular formula is C15H12N2Na2O8S4. The van der Waals surface area contributed by atoms with E-state index in [1.165, 1.54) is 0 Å². The number of nitrogens with one attached hydrogen (secondary N) is 1. The molecule has 0 aliphatic heterocycles. The number of fused-ring (bicyclic) bond motifs is 1. The number of nitrogens with zero attached hydrogens (tertiary/aromatic N) is 1. The third-order valence-corrected chi connectivity index (χ3v) is 7.67. The summed E-state index contributed by atoms with van der Waals surface area (Å²) < 4.78 is 84.9. The molecule has 0 bridgehead atoms. The molecule has 2 aromatic carbocycles. The van der Waals surface area contributed by atoms with Gasteiger partial charge in [-0.05, 0) is 47.5 Å². The van der Waals surface area contributed by atoms with Gasteiger partial charge in [0, 0.05) is 16.8 Å². The third-order valence-electron chi connectivity index (χ3n) is 3.54. The van der Waals surface area contributed by atoms with Crippen LogP contribution >= 0.6 is 11.3 Å². The zero-order chi connectivity index (χ0) is 21.4. The van der Waals surface area contributed by atoms with Crippen molar-refractivity contribution in [3.05, 3.63) is 36.4 Å². The number of hydrogen-bond donors (Lipinski definition) is 1. The van der Waals surface area contributed by atoms with Gasteiger partial charge >= 0.3 is 59.1 Å². The van der Waals surface area contributed by atoms with Gasteiger partial charge < -0.3 is 19.2 Å². The molecule has 0 aliphatic rings. The first-order valence-electron chi connectivity index (χ1n) is 7.61. The van der Waals surface area contributed by atoms with Gasteiger partial charge in [-0.15, -0.1) is 11.3 Å². The molecule has 3 aromatic rings. The fourth-order valence-electron chi connectivity index (χ4n) is 2.24. The predicted molar refractivity (Wildman–Crippen MR) is 103 cm³/mol. The van der Waals surface area contributed by atoms with Crippen LogP contribution in [-0.2, 0) is 31.0 Å². The van der Waals surface area contributed by atoms with Gasteiger partial charge in [-0.1, -0.05) is 0 Å². The van der Waals surface area contributed by atoms with Crippen LogP contribution in [0.15, 0.2) is 50.5 Å². The van der Waals surface area contributed by atoms with Crippen LogP contribution in [0.1, 0.15) is 0 Å². The van der Waals surface area contributed by atoms with Crippen molar-refractivity contribution in [2.24, 2.45) is 0 Å². The summed E-state index contributed by atoms with van der Waals surface area (Å²) in [5, 5.41) is 2.87. The van der Waals surface area contributed by atoms with Crippen molar-refractivity contribution in [1.29, 1.82) is 0 Å². The number of benzene rings is 2. The minimum atomic E-state index is -4.87. The summed E-state index contributed by atoms with van der Waals surface area (Å²) in [7, 11) is -8.29. The van der Waals surface area contributed by atoms with Gasteiger partial charge in [0.2, 0.25) is 14.2 Å². The summed E-state index contributed by atoms with van der Waals surface area (Å²) in [4.78, 5) is 2.90. The Morgan fingerprint density at radius 1 is 1.13 bits per heavy atom. The molecule has 31 heavy (non-hydrogen) atoms. The molecule has 0 saturated carbocycles. The summed E-state index contributed by atoms with van der Waals surface area (Å²) in [6, 6.07) is 7.64. The summed E-state index contributed by atoms with van der Waals surface area (Å²) in [6.45, 7) is -0.184. The maximum Gasteiger partial charge on any atom is 1.00 e. The van der Waals surface area contributed by atoms with E-state index in [0.717, 1.165) is 35.8 Å². The largest absolute Gasteiger partial charge is 1.00 e. The Bertz CT molecular complexity index is 1330. The van der Waals surface area contributed by atoms with E-state index in [-0.39, 0.29) is 75.9 Å². The summed E-state index contributed by atoms with van der Waals surface area (Å²) in [5.74, 6) is -0.133. The molecule has 1 unspecified atom stereocenters. The Labute approximate surface area is 229 Å². The van der Waals surface area contributed by atoms with Crippen molar-refractivity contribution in [2.75, 3.05) is 18.3 Å². The van der Waals surface area contributed by atoms with Gasteiger partial charge in [-0.3, -0.25) is 4.21 Å². The second-order valence-electron chi connectivity index (χ2n) is 5.73. The zero-order valence-electron chi connectivity index (χ0n) is 16.5. The van der Waals surface area contributed by atoms with Crippen molar-refractivity contribution in [3.8, 4) is 5.75 Å². The minimum absolute atomic E-state index is 0. The van der Waals surface area contributed by atoms with Crippen LogP contribution in [0.2, 0.25) is 0 Å². The van der Waals surface area contributed by atoms with Crippen LogP contribution in [0.25, 0.3) is 10.2 Å². The Hall–Kier alpha value is -0.1000. The number of rotatable bonds is 7. The Balaban J connectivity index is 0.00000240. The first-order valence-corrected chi connectivity index (χ1v) is 12.8. The molecule has 16 heteroatoms. The van der Waals surface area contributed by atoms with Gasteiger partial charge in [-0.2, -0.15) is 0 Å². The number of sulfone groups is 1. The van der Waals surface area contributed by atoms with Crippen LogP contribution in [0.3, 0.4) is 0 Å². The normalized spacial score (nSPS) is 12.5. The molecule has 1 N–H and O–H groups in total. The van der Waals surface area contributed by atoms with Crippen molar-refractivity contribution in [2.45, 2.75) is 14.1 Å². The van der Waals surface area contributed by atoms with Crippen LogP contribution in [0, 0.1) is 0 Å². The average Bonchev–Trinajstić information content (AvgIpc) is 3.04. The van der Waals surface area contributed by atoms with E-state index in [1.807, 2.05) is 0 Å². The zero-order valence-corrected chi connectivity index (χ0v) is 23.8. The van der Waals surface area contributed by atoms with E-state index in [0.29, 0.717) is 15.9 Å². The third kappa shape index (κ3) is 7.72. The average molecular weight is 523 g/mol. The maximum absolute atomic E-state index is 11.6. The van der Waals surface area contributed by atoms with Crippen LogP contribution in [0.4, 0.5) is 5.69 Å². The molecular weight excluding hydrogens is 510 g/mol. The van der Waals surface area contributed by atoms with Gasteiger partial charge in [0.05, 0.1) is 15.1 Å². The Kier molecular flexibility index (Phi) is 10.6. The van der Waals surface area contributed by atoms with E-state index in [9.17, 15) is 30.1 Å². The molecule has 0 spiro atoms. The number of thiazole rings is 1. The van der Waals surface area contributed by atoms with Crippen molar-refractivity contribution < 1.29 is 94.0 Å². The van der Waals surface area contributed by atoms with Crippen LogP contribution in [-0.4, -0.2) is 48.1 Å². The van der Waals surface area contributed by atoms with Crippen molar-refractivity contribution in [3.63, 3.8) is 0 Å². The van der Waals surface area contributed by atoms with E-state index >= 15 is 0 Å². The molecule has 0 fully saturated rings. The number of ether oxygens (including phenoxy) is 1. The van der Waals surface area contributed by atoms with Crippen molar-refractivity contribution in [1.82, 2.24) is 4.98 Å². The summed E-state index contributed by atoms with van der Waals surface area (Å²) in [6.07, 6.45) is 1.07. The van der Waals surface area contributed by atoms with Crippen molar-refractivity contribution >= 4 is 58.3 Å². The van der Waals surface area contributed by atoms with E-state index in [2.05, 4.69) is 10.3 Å². The molecule has 10 nitrogen and oxygen atoms in total. The monoisotopic (exact) mass is 522 g/mol. The molecule has 3 rings (SSSR count). The Morgan fingerprint density at radius 3 is 2.39 bits per heavy atom. The molecule has 0 amide bonds. The predicted octanol–water partition coefficient (Wildman–Crippen LogP) is -4.70. The molecule has 1 heterocycles. The number of aromatic nitrogens is 1. The minimum Gasteiger partial charge on any atom is -0.768 e. The first-order chi connectivity index (χ1) is 13.4. The van der Waals surface area contributed by atoms with Crippen LogP contribution in [0.5, 0.6) is 5.75 Å². The second kappa shape index (κ2) is 11.4. The van der Waals surface area contributed by atoms with E-state index in [4.69, 9.17) is 4.74 Å². The number of anilines is 1. The van der Waals surface area contributed by atoms with Crippen LogP contribution < -0.4 is 69.2 Å². The molecule has 1 atom stereocenters. The summed E-state index contributed by atoms with van der Waals surface area (Å²) >= 11 is -1.75. The standard InChI is InChI=1S/C15H14N2O8S4.2Na/c1-28(20,21)15-17-13-3-2-9(4-14(13)26-15)16-8-25-10-5-11(27(18)19)7-12(6-10)29(22,23)24;;/h2-7,16H,8H2,1H3,(H,18,19)(H,22,23,24);;/q;2*+1/p-2. The van der Waals surface area contributed by atoms with E-state index in [1.54, 1.807) is 18.2 Å². The van der Waals surface area contributed by atoms with Gasteiger partial charge in [-0.25, -0.2) is 21.8 Å². The topological polar surface area (TPSA) is 166 Å². The molecule has 0 radical (unpaired) electrons. The molecule has 1 aromatic heterocycles. The van der Waals surface area contributed by atoms with Gasteiger partial charge in [0.25, 0.3) is 0 Å². The fourth-order valence-corrected chi connectivity index (χ4v) is 5.16. The smallest absolute Gasteiger partial charge is 0.768 e. The SMILES string of the molecule is CS(=O)(=O)c1nc2ccc(NCOc3cc(S(=O)[O-])cc(S(=O)(=O)[O-])c3)cc2s1.[Na+].[Na+]. The molecule has 156 valence electrons. The van der Waals surface area contributed by atoms with E-state index < -0.39 is 40.8 Å². The van der Waals surface area contributed by atoms with Gasteiger partial charge in [0.1, 0.15) is 15.9 Å². The van der Waals surface area contributed by atoms with Gasteiger partial charge in [0.15, 0.2) is 6.73 Å². The maximum atomic E-state index is 11.6. The first kappa shape index (κ1) is 28.9. The Morgan fingerprint density at radius 2 is 1.81 bits per heavy atom. The molecule has 0 aliphatic carbocycles. The molecule has 0 saturated heterocycles. The number of hydrogen-bond acceptors (Lipinski definition) is 11. The fraction of sp³-hybridized carbons (Fsp3) is 0.133.